The number of carbonyl (C=O) groups is 3. The number of aryl methyl sites for hydroxylation is 1. The van der Waals surface area contributed by atoms with Crippen molar-refractivity contribution in [3.8, 4) is 0 Å². The lowest BCUT2D eigenvalue weighted by Gasteiger charge is -2.45. The summed E-state index contributed by atoms with van der Waals surface area (Å²) in [5.74, 6) is -0.0934. The maximum Gasteiger partial charge on any atom is 0.328 e. The standard InChI is InChI=1S/C23H30N2O4/c1-3-29-23(28)19(13-12-16-8-5-4-6-9-16)24-15(2)21(26)25-18-11-7-10-17(18)14-20(25)22(24)27/h4-6,8-9,15,17-20H,3,7,10-14H2,1-2H3/t15-,17+,18+,19+,20-/m1/s1. The van der Waals surface area contributed by atoms with Gasteiger partial charge in [0.2, 0.25) is 11.8 Å². The SMILES string of the molecule is CCOC(=O)[C@H](CCc1ccccc1)N1C(=O)[C@H]2C[C@@H]3CCC[C@@H]3N2C(=O)[C@H]1C. The highest BCUT2D eigenvalue weighted by atomic mass is 16.5. The van der Waals surface area contributed by atoms with E-state index in [2.05, 4.69) is 0 Å². The third-order valence-corrected chi connectivity index (χ3v) is 6.85. The lowest BCUT2D eigenvalue weighted by molar-refractivity contribution is -0.170. The van der Waals surface area contributed by atoms with E-state index in [1.54, 1.807) is 13.8 Å². The number of hydrogen-bond donors (Lipinski definition) is 0. The van der Waals surface area contributed by atoms with Crippen molar-refractivity contribution in [2.24, 2.45) is 5.92 Å². The number of ether oxygens (including phenoxy) is 1. The number of fused-ring (bicyclic) bond motifs is 3. The molecule has 1 aliphatic carbocycles. The Bertz CT molecular complexity index is 780. The number of benzene rings is 1. The average molecular weight is 399 g/mol. The smallest absolute Gasteiger partial charge is 0.328 e. The summed E-state index contributed by atoms with van der Waals surface area (Å²) in [4.78, 5) is 42.9. The quantitative estimate of drug-likeness (QED) is 0.691. The second kappa shape index (κ2) is 8.17. The molecule has 5 atom stereocenters. The van der Waals surface area contributed by atoms with Crippen LogP contribution in [0.2, 0.25) is 0 Å². The topological polar surface area (TPSA) is 66.9 Å². The van der Waals surface area contributed by atoms with E-state index in [9.17, 15) is 14.4 Å². The average Bonchev–Trinajstić information content (AvgIpc) is 3.31. The Hall–Kier alpha value is -2.37. The maximum atomic E-state index is 13.5. The molecule has 4 rings (SSSR count). The first-order chi connectivity index (χ1) is 14.0. The van der Waals surface area contributed by atoms with Crippen molar-refractivity contribution in [2.45, 2.75) is 76.5 Å². The Morgan fingerprint density at radius 1 is 1.17 bits per heavy atom. The van der Waals surface area contributed by atoms with E-state index in [0.717, 1.165) is 31.2 Å². The highest BCUT2D eigenvalue weighted by Crippen LogP contribution is 2.44. The number of nitrogens with zero attached hydrogens (tertiary/aromatic N) is 2. The largest absolute Gasteiger partial charge is 0.464 e. The molecule has 6 heteroatoms. The fraction of sp³-hybridized carbons (Fsp3) is 0.609. The number of rotatable bonds is 6. The fourth-order valence-electron chi connectivity index (χ4n) is 5.50. The van der Waals surface area contributed by atoms with Crippen LogP contribution in [0, 0.1) is 5.92 Å². The van der Waals surface area contributed by atoms with Crippen molar-refractivity contribution in [1.82, 2.24) is 9.80 Å². The van der Waals surface area contributed by atoms with Crippen molar-refractivity contribution < 1.29 is 19.1 Å². The predicted molar refractivity (Wildman–Crippen MR) is 108 cm³/mol. The van der Waals surface area contributed by atoms with Crippen molar-refractivity contribution >= 4 is 17.8 Å². The van der Waals surface area contributed by atoms with Gasteiger partial charge in [-0.3, -0.25) is 9.59 Å². The maximum absolute atomic E-state index is 13.5. The molecule has 2 amide bonds. The van der Waals surface area contributed by atoms with Crippen molar-refractivity contribution in [3.63, 3.8) is 0 Å². The lowest BCUT2D eigenvalue weighted by atomic mass is 9.97. The molecule has 0 aromatic heterocycles. The van der Waals surface area contributed by atoms with Crippen LogP contribution in [0.25, 0.3) is 0 Å². The van der Waals surface area contributed by atoms with E-state index in [-0.39, 0.29) is 24.5 Å². The van der Waals surface area contributed by atoms with Gasteiger partial charge in [-0.25, -0.2) is 4.79 Å². The van der Waals surface area contributed by atoms with Crippen LogP contribution >= 0.6 is 0 Å². The molecule has 1 aromatic carbocycles. The second-order valence-corrected chi connectivity index (χ2v) is 8.47. The Balaban J connectivity index is 1.58. The van der Waals surface area contributed by atoms with Gasteiger partial charge in [0.15, 0.2) is 0 Å². The minimum Gasteiger partial charge on any atom is -0.464 e. The van der Waals surface area contributed by atoms with E-state index in [4.69, 9.17) is 4.74 Å². The lowest BCUT2D eigenvalue weighted by Crippen LogP contribution is -2.66. The van der Waals surface area contributed by atoms with E-state index in [1.807, 2.05) is 35.2 Å². The van der Waals surface area contributed by atoms with Crippen LogP contribution in [0.1, 0.15) is 51.5 Å². The first kappa shape index (κ1) is 19.9. The molecule has 0 N–H and O–H groups in total. The molecule has 2 aliphatic heterocycles. The Morgan fingerprint density at radius 3 is 2.66 bits per heavy atom. The molecule has 29 heavy (non-hydrogen) atoms. The van der Waals surface area contributed by atoms with Gasteiger partial charge in [0.05, 0.1) is 6.61 Å². The molecular weight excluding hydrogens is 368 g/mol. The summed E-state index contributed by atoms with van der Waals surface area (Å²) in [6.07, 6.45) is 5.03. The first-order valence-corrected chi connectivity index (χ1v) is 10.9. The van der Waals surface area contributed by atoms with Crippen molar-refractivity contribution in [1.29, 1.82) is 0 Å². The molecule has 156 valence electrons. The Morgan fingerprint density at radius 2 is 1.93 bits per heavy atom. The van der Waals surface area contributed by atoms with Crippen LogP contribution < -0.4 is 0 Å². The van der Waals surface area contributed by atoms with Gasteiger partial charge in [-0.2, -0.15) is 0 Å². The van der Waals surface area contributed by atoms with Gasteiger partial charge in [0.25, 0.3) is 0 Å². The van der Waals surface area contributed by atoms with Crippen molar-refractivity contribution in [2.75, 3.05) is 6.61 Å². The molecule has 1 saturated carbocycles. The summed E-state index contributed by atoms with van der Waals surface area (Å²) in [5, 5.41) is 0. The van der Waals surface area contributed by atoms with Gasteiger partial charge in [0.1, 0.15) is 18.1 Å². The number of esters is 1. The number of carbonyl (C=O) groups excluding carboxylic acids is 3. The second-order valence-electron chi connectivity index (χ2n) is 8.47. The zero-order valence-corrected chi connectivity index (χ0v) is 17.3. The molecule has 0 bridgehead atoms. The number of amides is 2. The van der Waals surface area contributed by atoms with Crippen LogP contribution in [0.4, 0.5) is 0 Å². The fourth-order valence-corrected chi connectivity index (χ4v) is 5.50. The molecule has 0 radical (unpaired) electrons. The molecule has 0 unspecified atom stereocenters. The van der Waals surface area contributed by atoms with Gasteiger partial charge < -0.3 is 14.5 Å². The highest BCUT2D eigenvalue weighted by Gasteiger charge is 2.56. The molecule has 1 aromatic rings. The van der Waals surface area contributed by atoms with Crippen LogP contribution in [-0.2, 0) is 25.5 Å². The van der Waals surface area contributed by atoms with Crippen molar-refractivity contribution in [3.05, 3.63) is 35.9 Å². The van der Waals surface area contributed by atoms with E-state index < -0.39 is 24.1 Å². The normalized spacial score (nSPS) is 29.6. The molecule has 2 saturated heterocycles. The minimum absolute atomic E-state index is 0.0157. The Kier molecular flexibility index (Phi) is 5.61. The van der Waals surface area contributed by atoms with Crippen LogP contribution in [0.5, 0.6) is 0 Å². The third-order valence-electron chi connectivity index (χ3n) is 6.85. The third kappa shape index (κ3) is 3.53. The van der Waals surface area contributed by atoms with Gasteiger partial charge in [-0.15, -0.1) is 0 Å². The predicted octanol–water partition coefficient (Wildman–Crippen LogP) is 2.55. The molecule has 6 nitrogen and oxygen atoms in total. The summed E-state index contributed by atoms with van der Waals surface area (Å²) < 4.78 is 5.31. The summed E-state index contributed by atoms with van der Waals surface area (Å²) in [6, 6.07) is 8.31. The molecular formula is C23H30N2O4. The molecule has 2 heterocycles. The van der Waals surface area contributed by atoms with Crippen LogP contribution in [0.3, 0.4) is 0 Å². The first-order valence-electron chi connectivity index (χ1n) is 10.9. The van der Waals surface area contributed by atoms with Gasteiger partial charge in [-0.1, -0.05) is 36.8 Å². The van der Waals surface area contributed by atoms with Crippen LogP contribution in [-0.4, -0.2) is 58.4 Å². The van der Waals surface area contributed by atoms with E-state index >= 15 is 0 Å². The van der Waals surface area contributed by atoms with E-state index in [0.29, 0.717) is 18.8 Å². The Labute approximate surface area is 172 Å². The zero-order valence-electron chi connectivity index (χ0n) is 17.3. The monoisotopic (exact) mass is 398 g/mol. The summed E-state index contributed by atoms with van der Waals surface area (Å²) in [5.41, 5.74) is 1.10. The molecule has 3 fully saturated rings. The zero-order chi connectivity index (χ0) is 20.5. The summed E-state index contributed by atoms with van der Waals surface area (Å²) >= 11 is 0. The summed E-state index contributed by atoms with van der Waals surface area (Å²) in [7, 11) is 0. The number of hydrogen-bond acceptors (Lipinski definition) is 4. The van der Waals surface area contributed by atoms with Crippen LogP contribution in [0.15, 0.2) is 30.3 Å². The van der Waals surface area contributed by atoms with E-state index in [1.165, 1.54) is 4.90 Å². The van der Waals surface area contributed by atoms with Gasteiger partial charge in [-0.05, 0) is 57.4 Å². The number of piperazine rings is 1. The summed E-state index contributed by atoms with van der Waals surface area (Å²) in [6.45, 7) is 3.77. The highest BCUT2D eigenvalue weighted by molar-refractivity contribution is 5.99. The molecule has 0 spiro atoms. The van der Waals surface area contributed by atoms with Gasteiger partial charge >= 0.3 is 5.97 Å². The van der Waals surface area contributed by atoms with Gasteiger partial charge in [0, 0.05) is 6.04 Å². The minimum atomic E-state index is -0.732. The molecule has 3 aliphatic rings.